The van der Waals surface area contributed by atoms with Crippen LogP contribution < -0.4 is 10.6 Å². The van der Waals surface area contributed by atoms with Crippen molar-refractivity contribution in [3.8, 4) is 11.1 Å². The first-order valence-electron chi connectivity index (χ1n) is 10.4. The van der Waals surface area contributed by atoms with Crippen LogP contribution in [0.5, 0.6) is 0 Å². The highest BCUT2D eigenvalue weighted by Crippen LogP contribution is 2.46. The van der Waals surface area contributed by atoms with Gasteiger partial charge in [0.05, 0.1) is 10.5 Å². The van der Waals surface area contributed by atoms with E-state index >= 15 is 0 Å². The van der Waals surface area contributed by atoms with E-state index in [1.807, 2.05) is 4.90 Å². The minimum atomic E-state index is -0.988. The molecule has 0 radical (unpaired) electrons. The lowest BCUT2D eigenvalue weighted by Crippen LogP contribution is -2.54. The maximum Gasteiger partial charge on any atom is 0.407 e. The third-order valence-electron chi connectivity index (χ3n) is 6.08. The number of piperazine rings is 1. The second-order valence-corrected chi connectivity index (χ2v) is 9.58. The van der Waals surface area contributed by atoms with Crippen LogP contribution in [-0.4, -0.2) is 57.1 Å². The Labute approximate surface area is 196 Å². The number of halogens is 3. The van der Waals surface area contributed by atoms with Gasteiger partial charge >= 0.3 is 11.8 Å². The molecule has 33 heavy (non-hydrogen) atoms. The smallest absolute Gasteiger partial charge is 0.407 e. The predicted octanol–water partition coefficient (Wildman–Crippen LogP) is 4.29. The van der Waals surface area contributed by atoms with E-state index in [0.717, 1.165) is 6.07 Å². The monoisotopic (exact) mass is 492 g/mol. The summed E-state index contributed by atoms with van der Waals surface area (Å²) >= 11 is 8.12. The van der Waals surface area contributed by atoms with Crippen molar-refractivity contribution in [1.29, 1.82) is 0 Å². The van der Waals surface area contributed by atoms with Gasteiger partial charge in [-0.3, -0.25) is 4.57 Å². The molecule has 11 heteroatoms. The summed E-state index contributed by atoms with van der Waals surface area (Å²) in [6.45, 7) is 3.26. The molecule has 2 aliphatic heterocycles. The average Bonchev–Trinajstić information content (AvgIpc) is 2.76. The Hall–Kier alpha value is -2.85. The van der Waals surface area contributed by atoms with Gasteiger partial charge in [0.2, 0.25) is 0 Å². The van der Waals surface area contributed by atoms with Gasteiger partial charge in [-0.25, -0.2) is 18.4 Å². The van der Waals surface area contributed by atoms with E-state index < -0.39 is 23.4 Å². The molecule has 5 rings (SSSR count). The second kappa shape index (κ2) is 8.18. The molecular weight excluding hydrogens is 474 g/mol. The molecular formula is C22H19ClF2N4O3S. The normalized spacial score (nSPS) is 18.1. The van der Waals surface area contributed by atoms with Gasteiger partial charge in [0.1, 0.15) is 17.5 Å². The topological polar surface area (TPSA) is 78.7 Å². The van der Waals surface area contributed by atoms with Crippen LogP contribution in [0.2, 0.25) is 5.02 Å². The minimum Gasteiger partial charge on any atom is -0.465 e. The van der Waals surface area contributed by atoms with Crippen LogP contribution in [0, 0.1) is 11.6 Å². The zero-order chi connectivity index (χ0) is 23.4. The van der Waals surface area contributed by atoms with Crippen molar-refractivity contribution in [2.24, 2.45) is 0 Å². The summed E-state index contributed by atoms with van der Waals surface area (Å²) in [5, 5.41) is 10.3. The van der Waals surface area contributed by atoms with Crippen molar-refractivity contribution in [2.75, 3.05) is 30.3 Å². The first kappa shape index (κ1) is 22.0. The molecule has 0 spiro atoms. The number of nitrogens with zero attached hydrogens (tertiary/aromatic N) is 4. The summed E-state index contributed by atoms with van der Waals surface area (Å²) < 4.78 is 29.8. The lowest BCUT2D eigenvalue weighted by Gasteiger charge is -2.39. The lowest BCUT2D eigenvalue weighted by atomic mass is 10.0. The van der Waals surface area contributed by atoms with Crippen LogP contribution in [0.4, 0.5) is 19.4 Å². The molecule has 1 amide bonds. The number of benzene rings is 2. The fourth-order valence-corrected chi connectivity index (χ4v) is 6.13. The fourth-order valence-electron chi connectivity index (χ4n) is 4.57. The molecule has 2 aromatic carbocycles. The highest BCUT2D eigenvalue weighted by Gasteiger charge is 2.31. The molecule has 0 saturated carbocycles. The standard InChI is InChI=1S/C22H19ClF2N4O3S/c1-11-10-27(4-5-28(11)22(31)32)20-14-9-15(23)17(13-3-2-12(24)8-16(13)25)19-18(14)29(6-7-33-19)21(30)26-20/h2-3,8-9,11H,4-7,10H2,1H3,(H,31,32)/t11-/m1/s1. The molecule has 1 N–H and O–H groups in total. The molecule has 0 aliphatic carbocycles. The fraction of sp³-hybridized carbons (Fsp3) is 0.318. The van der Waals surface area contributed by atoms with Gasteiger partial charge in [0.25, 0.3) is 0 Å². The number of aromatic nitrogens is 2. The zero-order valence-corrected chi connectivity index (χ0v) is 19.1. The number of carboxylic acid groups (broad SMARTS) is 1. The highest BCUT2D eigenvalue weighted by molar-refractivity contribution is 7.99. The van der Waals surface area contributed by atoms with E-state index in [1.165, 1.54) is 28.8 Å². The molecule has 172 valence electrons. The van der Waals surface area contributed by atoms with Crippen molar-refractivity contribution >= 4 is 46.2 Å². The van der Waals surface area contributed by atoms with Crippen LogP contribution in [0.1, 0.15) is 6.92 Å². The molecule has 0 unspecified atom stereocenters. The largest absolute Gasteiger partial charge is 0.465 e. The average molecular weight is 493 g/mol. The van der Waals surface area contributed by atoms with Crippen LogP contribution >= 0.6 is 23.4 Å². The maximum absolute atomic E-state index is 14.7. The van der Waals surface area contributed by atoms with Gasteiger partial charge in [0, 0.05) is 65.4 Å². The third-order valence-corrected chi connectivity index (χ3v) is 7.46. The van der Waals surface area contributed by atoms with Crippen molar-refractivity contribution in [3.63, 3.8) is 0 Å². The molecule has 0 bridgehead atoms. The van der Waals surface area contributed by atoms with Gasteiger partial charge < -0.3 is 14.9 Å². The van der Waals surface area contributed by atoms with Crippen LogP contribution in [0.15, 0.2) is 34.0 Å². The second-order valence-electron chi connectivity index (χ2n) is 8.07. The number of anilines is 1. The molecule has 1 saturated heterocycles. The van der Waals surface area contributed by atoms with Crippen molar-refractivity contribution < 1.29 is 18.7 Å². The Kier molecular flexibility index (Phi) is 5.44. The van der Waals surface area contributed by atoms with E-state index in [0.29, 0.717) is 52.6 Å². The summed E-state index contributed by atoms with van der Waals surface area (Å²) in [5.74, 6) is -0.416. The van der Waals surface area contributed by atoms with Gasteiger partial charge in [0.15, 0.2) is 0 Å². The SMILES string of the molecule is C[C@@H]1CN(c2nc(=O)n3c4c(c(-c5ccc(F)cc5F)c(Cl)cc24)SCC3)CCN1C(=O)O. The molecule has 1 aromatic heterocycles. The van der Waals surface area contributed by atoms with Crippen LogP contribution in [-0.2, 0) is 6.54 Å². The molecule has 3 heterocycles. The van der Waals surface area contributed by atoms with E-state index in [1.54, 1.807) is 17.6 Å². The van der Waals surface area contributed by atoms with Crippen molar-refractivity contribution in [2.45, 2.75) is 24.4 Å². The first-order valence-corrected chi connectivity index (χ1v) is 11.7. The van der Waals surface area contributed by atoms with Gasteiger partial charge in [-0.1, -0.05) is 11.6 Å². The van der Waals surface area contributed by atoms with Gasteiger partial charge in [-0.15, -0.1) is 11.8 Å². The number of rotatable bonds is 2. The summed E-state index contributed by atoms with van der Waals surface area (Å²) in [7, 11) is 0. The Bertz CT molecular complexity index is 1370. The number of thioether (sulfide) groups is 1. The van der Waals surface area contributed by atoms with E-state index in [-0.39, 0.29) is 23.2 Å². The molecule has 3 aromatic rings. The van der Waals surface area contributed by atoms with Gasteiger partial charge in [-0.2, -0.15) is 4.98 Å². The molecule has 2 aliphatic rings. The van der Waals surface area contributed by atoms with Gasteiger partial charge in [-0.05, 0) is 25.1 Å². The number of hydrogen-bond acceptors (Lipinski definition) is 5. The summed E-state index contributed by atoms with van der Waals surface area (Å²) in [4.78, 5) is 32.6. The van der Waals surface area contributed by atoms with Crippen LogP contribution in [0.25, 0.3) is 22.0 Å². The third kappa shape index (κ3) is 3.61. The molecule has 1 fully saturated rings. The summed E-state index contributed by atoms with van der Waals surface area (Å²) in [6.07, 6.45) is -0.988. The van der Waals surface area contributed by atoms with E-state index in [4.69, 9.17) is 11.6 Å². The Morgan fingerprint density at radius 1 is 1.24 bits per heavy atom. The predicted molar refractivity (Wildman–Crippen MR) is 123 cm³/mol. The molecule has 7 nitrogen and oxygen atoms in total. The van der Waals surface area contributed by atoms with Crippen molar-refractivity contribution in [3.05, 3.63) is 51.4 Å². The molecule has 1 atom stereocenters. The number of carbonyl (C=O) groups is 1. The Balaban J connectivity index is 1.72. The maximum atomic E-state index is 14.7. The Morgan fingerprint density at radius 2 is 2.03 bits per heavy atom. The highest BCUT2D eigenvalue weighted by atomic mass is 35.5. The van der Waals surface area contributed by atoms with Crippen molar-refractivity contribution in [1.82, 2.24) is 14.5 Å². The lowest BCUT2D eigenvalue weighted by molar-refractivity contribution is 0.122. The van der Waals surface area contributed by atoms with E-state index in [2.05, 4.69) is 4.98 Å². The summed E-state index contributed by atoms with van der Waals surface area (Å²) in [5.41, 5.74) is 0.757. The quantitative estimate of drug-likeness (QED) is 0.575. The first-order chi connectivity index (χ1) is 15.8. The van der Waals surface area contributed by atoms with Crippen LogP contribution in [0.3, 0.4) is 0 Å². The number of amides is 1. The summed E-state index contributed by atoms with van der Waals surface area (Å²) in [6, 6.07) is 4.70. The minimum absolute atomic E-state index is 0.161. The number of aryl methyl sites for hydroxylation is 1. The van der Waals surface area contributed by atoms with E-state index in [9.17, 15) is 23.5 Å². The zero-order valence-electron chi connectivity index (χ0n) is 17.5. The Morgan fingerprint density at radius 3 is 2.73 bits per heavy atom. The number of hydrogen-bond donors (Lipinski definition) is 1.